The van der Waals surface area contributed by atoms with Crippen LogP contribution in [0.5, 0.6) is 0 Å². The Labute approximate surface area is 128 Å². The van der Waals surface area contributed by atoms with Gasteiger partial charge < -0.3 is 15.8 Å². The van der Waals surface area contributed by atoms with Crippen molar-refractivity contribution in [3.05, 3.63) is 59.9 Å². The number of urea groups is 1. The molecule has 0 spiro atoms. The first kappa shape index (κ1) is 15.5. The summed E-state index contributed by atoms with van der Waals surface area (Å²) in [5, 5.41) is 2.42. The first-order chi connectivity index (χ1) is 10.6. The van der Waals surface area contributed by atoms with Gasteiger partial charge in [-0.15, -0.1) is 0 Å². The van der Waals surface area contributed by atoms with E-state index in [1.807, 2.05) is 12.1 Å². The van der Waals surface area contributed by atoms with Gasteiger partial charge >= 0.3 is 12.0 Å². The fourth-order valence-corrected chi connectivity index (χ4v) is 1.90. The van der Waals surface area contributed by atoms with Crippen LogP contribution in [0.2, 0.25) is 0 Å². The smallest absolute Gasteiger partial charge is 0.338 e. The number of nitrogens with zero attached hydrogens (tertiary/aromatic N) is 1. The van der Waals surface area contributed by atoms with Crippen molar-refractivity contribution in [2.24, 2.45) is 5.73 Å². The van der Waals surface area contributed by atoms with E-state index in [-0.39, 0.29) is 0 Å². The van der Waals surface area contributed by atoms with E-state index in [1.54, 1.807) is 36.7 Å². The first-order valence-electron chi connectivity index (χ1n) is 6.88. The first-order valence-corrected chi connectivity index (χ1v) is 6.88. The number of anilines is 1. The molecule has 0 aliphatic heterocycles. The highest BCUT2D eigenvalue weighted by Crippen LogP contribution is 2.10. The van der Waals surface area contributed by atoms with Gasteiger partial charge in [0.15, 0.2) is 0 Å². The number of aromatic nitrogens is 1. The van der Waals surface area contributed by atoms with E-state index >= 15 is 0 Å². The molecule has 0 aliphatic rings. The number of rotatable bonds is 6. The summed E-state index contributed by atoms with van der Waals surface area (Å²) in [6.45, 7) is 0.342. The molecule has 6 heteroatoms. The monoisotopic (exact) mass is 299 g/mol. The van der Waals surface area contributed by atoms with Gasteiger partial charge in [0.05, 0.1) is 12.2 Å². The van der Waals surface area contributed by atoms with Crippen molar-refractivity contribution in [3.63, 3.8) is 0 Å². The summed E-state index contributed by atoms with van der Waals surface area (Å²) < 4.78 is 5.20. The topological polar surface area (TPSA) is 94.3 Å². The molecule has 0 saturated carbocycles. The van der Waals surface area contributed by atoms with Crippen molar-refractivity contribution < 1.29 is 14.3 Å². The Morgan fingerprint density at radius 1 is 1.18 bits per heavy atom. The highest BCUT2D eigenvalue weighted by Gasteiger charge is 2.07. The maximum atomic E-state index is 11.8. The van der Waals surface area contributed by atoms with Crippen LogP contribution in [0.4, 0.5) is 10.5 Å². The van der Waals surface area contributed by atoms with Gasteiger partial charge in [-0.3, -0.25) is 4.98 Å². The predicted octanol–water partition coefficient (Wildman–Crippen LogP) is 2.36. The number of carbonyl (C=O) groups excluding carboxylic acids is 2. The summed E-state index contributed by atoms with van der Waals surface area (Å²) in [5.41, 5.74) is 7.07. The summed E-state index contributed by atoms with van der Waals surface area (Å²) in [7, 11) is 0. The second-order valence-corrected chi connectivity index (χ2v) is 4.67. The third-order valence-electron chi connectivity index (χ3n) is 2.95. The summed E-state index contributed by atoms with van der Waals surface area (Å²) >= 11 is 0. The molecule has 114 valence electrons. The number of hydrogen-bond acceptors (Lipinski definition) is 4. The highest BCUT2D eigenvalue weighted by molar-refractivity contribution is 5.91. The lowest BCUT2D eigenvalue weighted by Gasteiger charge is -2.06. The quantitative estimate of drug-likeness (QED) is 0.632. The maximum Gasteiger partial charge on any atom is 0.338 e. The van der Waals surface area contributed by atoms with Crippen LogP contribution in [0.1, 0.15) is 22.3 Å². The molecule has 0 bridgehead atoms. The summed E-state index contributed by atoms with van der Waals surface area (Å²) in [4.78, 5) is 26.6. The minimum atomic E-state index is -0.647. The molecule has 0 aliphatic carbocycles. The van der Waals surface area contributed by atoms with E-state index in [0.717, 1.165) is 18.4 Å². The molecule has 0 unspecified atom stereocenters. The van der Waals surface area contributed by atoms with E-state index in [0.29, 0.717) is 17.9 Å². The van der Waals surface area contributed by atoms with Crippen LogP contribution >= 0.6 is 0 Å². The Balaban J connectivity index is 1.76. The van der Waals surface area contributed by atoms with Crippen LogP contribution in [0.25, 0.3) is 0 Å². The number of esters is 1. The molecule has 0 radical (unpaired) electrons. The minimum Gasteiger partial charge on any atom is -0.462 e. The van der Waals surface area contributed by atoms with Crippen LogP contribution in [0.15, 0.2) is 48.8 Å². The lowest BCUT2D eigenvalue weighted by molar-refractivity contribution is 0.0500. The summed E-state index contributed by atoms with van der Waals surface area (Å²) in [6.07, 6.45) is 5.06. The van der Waals surface area contributed by atoms with Gasteiger partial charge in [-0.05, 0) is 48.7 Å². The molecule has 22 heavy (non-hydrogen) atoms. The zero-order valence-electron chi connectivity index (χ0n) is 12.0. The highest BCUT2D eigenvalue weighted by atomic mass is 16.5. The number of nitrogens with one attached hydrogen (secondary N) is 1. The molecular formula is C16H17N3O3. The van der Waals surface area contributed by atoms with Crippen LogP contribution in [0, 0.1) is 0 Å². The standard InChI is InChI=1S/C16H17N3O3/c17-16(21)19-14-7-5-13(6-8-14)15(20)22-10-2-4-12-3-1-9-18-11-12/h1,3,5-9,11H,2,4,10H2,(H3,17,19,21). The van der Waals surface area contributed by atoms with Crippen molar-refractivity contribution >= 4 is 17.7 Å². The van der Waals surface area contributed by atoms with Crippen molar-refractivity contribution in [1.82, 2.24) is 4.98 Å². The second kappa shape index (κ2) is 7.78. The van der Waals surface area contributed by atoms with Crippen molar-refractivity contribution in [2.75, 3.05) is 11.9 Å². The number of ether oxygens (including phenoxy) is 1. The SMILES string of the molecule is NC(=O)Nc1ccc(C(=O)OCCCc2cccnc2)cc1. The van der Waals surface area contributed by atoms with Crippen LogP contribution in [-0.4, -0.2) is 23.6 Å². The molecule has 2 rings (SSSR count). The van der Waals surface area contributed by atoms with Gasteiger partial charge in [-0.2, -0.15) is 0 Å². The molecule has 1 aromatic heterocycles. The second-order valence-electron chi connectivity index (χ2n) is 4.67. The van der Waals surface area contributed by atoms with E-state index in [2.05, 4.69) is 10.3 Å². The van der Waals surface area contributed by atoms with Gasteiger partial charge in [0.2, 0.25) is 0 Å². The van der Waals surface area contributed by atoms with E-state index in [4.69, 9.17) is 10.5 Å². The number of carbonyl (C=O) groups is 2. The number of benzene rings is 1. The molecule has 0 atom stereocenters. The number of nitrogens with two attached hydrogens (primary N) is 1. The van der Waals surface area contributed by atoms with E-state index in [1.165, 1.54) is 0 Å². The van der Waals surface area contributed by atoms with Crippen molar-refractivity contribution in [3.8, 4) is 0 Å². The molecule has 2 amide bonds. The largest absolute Gasteiger partial charge is 0.462 e. The fraction of sp³-hybridized carbons (Fsp3) is 0.188. The number of pyridine rings is 1. The number of hydrogen-bond donors (Lipinski definition) is 2. The molecule has 1 heterocycles. The molecule has 6 nitrogen and oxygen atoms in total. The third kappa shape index (κ3) is 4.90. The Morgan fingerprint density at radius 2 is 1.95 bits per heavy atom. The molecular weight excluding hydrogens is 282 g/mol. The van der Waals surface area contributed by atoms with Gasteiger partial charge in [0.1, 0.15) is 0 Å². The van der Waals surface area contributed by atoms with Gasteiger partial charge in [-0.25, -0.2) is 9.59 Å². The Kier molecular flexibility index (Phi) is 5.48. The Bertz CT molecular complexity index is 627. The molecule has 2 aromatic rings. The van der Waals surface area contributed by atoms with E-state index in [9.17, 15) is 9.59 Å². The number of amides is 2. The zero-order chi connectivity index (χ0) is 15.8. The molecule has 0 saturated heterocycles. The van der Waals surface area contributed by atoms with Gasteiger partial charge in [0, 0.05) is 18.1 Å². The molecule has 1 aromatic carbocycles. The normalized spacial score (nSPS) is 10.0. The summed E-state index contributed by atoms with van der Waals surface area (Å²) in [6, 6.07) is 9.56. The fourth-order valence-electron chi connectivity index (χ4n) is 1.90. The Hall–Kier alpha value is -2.89. The lowest BCUT2D eigenvalue weighted by atomic mass is 10.2. The summed E-state index contributed by atoms with van der Waals surface area (Å²) in [5.74, 6) is -0.392. The Morgan fingerprint density at radius 3 is 2.59 bits per heavy atom. The van der Waals surface area contributed by atoms with Gasteiger partial charge in [0.25, 0.3) is 0 Å². The van der Waals surface area contributed by atoms with E-state index < -0.39 is 12.0 Å². The van der Waals surface area contributed by atoms with Gasteiger partial charge in [-0.1, -0.05) is 6.07 Å². The average molecular weight is 299 g/mol. The minimum absolute atomic E-state index is 0.342. The third-order valence-corrected chi connectivity index (χ3v) is 2.95. The predicted molar refractivity (Wildman–Crippen MR) is 82.5 cm³/mol. The number of primary amides is 1. The maximum absolute atomic E-state index is 11.8. The van der Waals surface area contributed by atoms with Crippen LogP contribution < -0.4 is 11.1 Å². The van der Waals surface area contributed by atoms with Crippen LogP contribution in [-0.2, 0) is 11.2 Å². The van der Waals surface area contributed by atoms with Crippen molar-refractivity contribution in [1.29, 1.82) is 0 Å². The van der Waals surface area contributed by atoms with Crippen LogP contribution in [0.3, 0.4) is 0 Å². The zero-order valence-corrected chi connectivity index (χ0v) is 12.0. The molecule has 3 N–H and O–H groups in total. The lowest BCUT2D eigenvalue weighted by Crippen LogP contribution is -2.19. The number of aryl methyl sites for hydroxylation is 1. The average Bonchev–Trinajstić information content (AvgIpc) is 2.52. The molecule has 0 fully saturated rings. The van der Waals surface area contributed by atoms with Crippen molar-refractivity contribution in [2.45, 2.75) is 12.8 Å².